The second-order valence-corrected chi connectivity index (χ2v) is 9.03. The molecule has 1 atom stereocenters. The number of anilines is 1. The normalized spacial score (nSPS) is 12.7. The average molecular weight is 390 g/mol. The SMILES string of the molecule is Cc1ccc([C@H](C)NC(=O)c2ccc(N(C)S(=O)(=O)N(C)C)cc2)c(C)c1. The molecule has 0 heterocycles. The van der Waals surface area contributed by atoms with Crippen molar-refractivity contribution in [3.63, 3.8) is 0 Å². The van der Waals surface area contributed by atoms with Crippen molar-refractivity contribution in [2.45, 2.75) is 26.8 Å². The summed E-state index contributed by atoms with van der Waals surface area (Å²) in [5, 5.41) is 2.99. The lowest BCUT2D eigenvalue weighted by molar-refractivity contribution is 0.0940. The van der Waals surface area contributed by atoms with E-state index in [0.717, 1.165) is 15.4 Å². The van der Waals surface area contributed by atoms with Crippen LogP contribution in [0.1, 0.15) is 40.0 Å². The fourth-order valence-corrected chi connectivity index (χ4v) is 3.75. The van der Waals surface area contributed by atoms with Crippen LogP contribution in [0.4, 0.5) is 5.69 Å². The number of benzene rings is 2. The summed E-state index contributed by atoms with van der Waals surface area (Å²) in [6, 6.07) is 12.5. The molecule has 0 aromatic heterocycles. The molecular weight excluding hydrogens is 362 g/mol. The van der Waals surface area contributed by atoms with Crippen LogP contribution in [-0.4, -0.2) is 39.8 Å². The Bertz CT molecular complexity index is 922. The highest BCUT2D eigenvalue weighted by molar-refractivity contribution is 7.90. The summed E-state index contributed by atoms with van der Waals surface area (Å²) in [5.74, 6) is -0.202. The first kappa shape index (κ1) is 20.9. The van der Waals surface area contributed by atoms with Crippen molar-refractivity contribution in [1.29, 1.82) is 0 Å². The molecule has 0 aliphatic carbocycles. The van der Waals surface area contributed by atoms with Crippen LogP contribution in [0.2, 0.25) is 0 Å². The fourth-order valence-electron chi connectivity index (χ4n) is 2.87. The van der Waals surface area contributed by atoms with Crippen LogP contribution in [0.15, 0.2) is 42.5 Å². The Hall–Kier alpha value is -2.38. The van der Waals surface area contributed by atoms with Crippen molar-refractivity contribution < 1.29 is 13.2 Å². The highest BCUT2D eigenvalue weighted by Crippen LogP contribution is 2.21. The largest absolute Gasteiger partial charge is 0.346 e. The highest BCUT2D eigenvalue weighted by atomic mass is 32.2. The maximum Gasteiger partial charge on any atom is 0.303 e. The van der Waals surface area contributed by atoms with Gasteiger partial charge >= 0.3 is 10.2 Å². The number of nitrogens with zero attached hydrogens (tertiary/aromatic N) is 2. The molecule has 0 aliphatic rings. The summed E-state index contributed by atoms with van der Waals surface area (Å²) in [6.45, 7) is 6.01. The Morgan fingerprint density at radius 3 is 2.11 bits per heavy atom. The third-order valence-electron chi connectivity index (χ3n) is 4.54. The van der Waals surface area contributed by atoms with Crippen LogP contribution in [0.25, 0.3) is 0 Å². The van der Waals surface area contributed by atoms with Crippen LogP contribution >= 0.6 is 0 Å². The first-order valence-electron chi connectivity index (χ1n) is 8.68. The second-order valence-electron chi connectivity index (χ2n) is 6.86. The Kier molecular flexibility index (Phi) is 6.28. The molecule has 0 spiro atoms. The lowest BCUT2D eigenvalue weighted by Crippen LogP contribution is -2.37. The number of amides is 1. The van der Waals surface area contributed by atoms with E-state index in [0.29, 0.717) is 11.3 Å². The molecule has 0 bridgehead atoms. The number of carbonyl (C=O) groups excluding carboxylic acids is 1. The molecule has 2 aromatic rings. The van der Waals surface area contributed by atoms with Gasteiger partial charge in [-0.2, -0.15) is 12.7 Å². The molecule has 0 fully saturated rings. The van der Waals surface area contributed by atoms with Crippen molar-refractivity contribution in [2.24, 2.45) is 0 Å². The van der Waals surface area contributed by atoms with E-state index in [1.54, 1.807) is 24.3 Å². The summed E-state index contributed by atoms with van der Waals surface area (Å²) in [6.07, 6.45) is 0. The van der Waals surface area contributed by atoms with Gasteiger partial charge in [-0.15, -0.1) is 0 Å². The molecule has 0 saturated heterocycles. The van der Waals surface area contributed by atoms with Crippen molar-refractivity contribution in [1.82, 2.24) is 9.62 Å². The molecule has 2 aromatic carbocycles. The molecular formula is C20H27N3O3S. The van der Waals surface area contributed by atoms with Gasteiger partial charge in [0.05, 0.1) is 11.7 Å². The van der Waals surface area contributed by atoms with Crippen LogP contribution in [0.5, 0.6) is 0 Å². The van der Waals surface area contributed by atoms with Gasteiger partial charge < -0.3 is 5.32 Å². The van der Waals surface area contributed by atoms with Crippen LogP contribution < -0.4 is 9.62 Å². The molecule has 0 unspecified atom stereocenters. The van der Waals surface area contributed by atoms with Crippen LogP contribution in [0, 0.1) is 13.8 Å². The van der Waals surface area contributed by atoms with E-state index >= 15 is 0 Å². The first-order chi connectivity index (χ1) is 12.5. The summed E-state index contributed by atoms with van der Waals surface area (Å²) >= 11 is 0. The van der Waals surface area contributed by atoms with Gasteiger partial charge in [0.1, 0.15) is 0 Å². The molecule has 2 rings (SSSR count). The fraction of sp³-hybridized carbons (Fsp3) is 0.350. The number of carbonyl (C=O) groups is 1. The smallest absolute Gasteiger partial charge is 0.303 e. The third-order valence-corrected chi connectivity index (χ3v) is 6.37. The molecule has 0 radical (unpaired) electrons. The van der Waals surface area contributed by atoms with Gasteiger partial charge in [-0.05, 0) is 56.2 Å². The van der Waals surface area contributed by atoms with Gasteiger partial charge in [-0.3, -0.25) is 9.10 Å². The number of nitrogens with one attached hydrogen (secondary N) is 1. The zero-order chi connectivity index (χ0) is 20.4. The molecule has 27 heavy (non-hydrogen) atoms. The Labute approximate surface area is 162 Å². The summed E-state index contributed by atoms with van der Waals surface area (Å²) in [4.78, 5) is 12.5. The molecule has 1 N–H and O–H groups in total. The minimum Gasteiger partial charge on any atom is -0.346 e. The third kappa shape index (κ3) is 4.67. The van der Waals surface area contributed by atoms with Crippen molar-refractivity contribution >= 4 is 21.8 Å². The molecule has 1 amide bonds. The Morgan fingerprint density at radius 1 is 1.00 bits per heavy atom. The van der Waals surface area contributed by atoms with Crippen LogP contribution in [0.3, 0.4) is 0 Å². The van der Waals surface area contributed by atoms with E-state index in [4.69, 9.17) is 0 Å². The minimum atomic E-state index is -3.56. The molecule has 0 saturated carbocycles. The summed E-state index contributed by atoms with van der Waals surface area (Å²) < 4.78 is 26.7. The number of hydrogen-bond donors (Lipinski definition) is 1. The van der Waals surface area contributed by atoms with E-state index in [9.17, 15) is 13.2 Å². The van der Waals surface area contributed by atoms with Gasteiger partial charge in [-0.25, -0.2) is 0 Å². The van der Waals surface area contributed by atoms with Crippen molar-refractivity contribution in [3.8, 4) is 0 Å². The predicted molar refractivity (Wildman–Crippen MR) is 109 cm³/mol. The van der Waals surface area contributed by atoms with Crippen LogP contribution in [-0.2, 0) is 10.2 Å². The van der Waals surface area contributed by atoms with Gasteiger partial charge in [0.2, 0.25) is 0 Å². The van der Waals surface area contributed by atoms with Gasteiger partial charge in [-0.1, -0.05) is 23.8 Å². The number of rotatable bonds is 6. The molecule has 7 heteroatoms. The summed E-state index contributed by atoms with van der Waals surface area (Å²) in [7, 11) is 0.867. The lowest BCUT2D eigenvalue weighted by Gasteiger charge is -2.23. The quantitative estimate of drug-likeness (QED) is 0.826. The van der Waals surface area contributed by atoms with Crippen molar-refractivity contribution in [3.05, 3.63) is 64.7 Å². The zero-order valence-corrected chi connectivity index (χ0v) is 17.5. The Balaban J connectivity index is 2.14. The van der Waals surface area contributed by atoms with Gasteiger partial charge in [0.25, 0.3) is 5.91 Å². The maximum atomic E-state index is 12.5. The molecule has 146 valence electrons. The molecule has 6 nitrogen and oxygen atoms in total. The maximum absolute atomic E-state index is 12.5. The van der Waals surface area contributed by atoms with E-state index in [2.05, 4.69) is 11.4 Å². The topological polar surface area (TPSA) is 69.7 Å². The number of aryl methyl sites for hydroxylation is 2. The van der Waals surface area contributed by atoms with E-state index in [1.807, 2.05) is 32.9 Å². The Morgan fingerprint density at radius 2 is 1.59 bits per heavy atom. The van der Waals surface area contributed by atoms with Gasteiger partial charge in [0, 0.05) is 26.7 Å². The molecule has 0 aliphatic heterocycles. The van der Waals surface area contributed by atoms with Crippen molar-refractivity contribution in [2.75, 3.05) is 25.4 Å². The average Bonchev–Trinajstić information content (AvgIpc) is 2.60. The standard InChI is InChI=1S/C20H27N3O3S/c1-14-7-12-19(15(2)13-14)16(3)21-20(24)17-8-10-18(11-9-17)23(6)27(25,26)22(4)5/h7-13,16H,1-6H3,(H,21,24)/t16-/m0/s1. The monoisotopic (exact) mass is 389 g/mol. The lowest BCUT2D eigenvalue weighted by atomic mass is 10.00. The minimum absolute atomic E-state index is 0.130. The van der Waals surface area contributed by atoms with E-state index in [1.165, 1.54) is 31.0 Å². The second kappa shape index (κ2) is 8.10. The highest BCUT2D eigenvalue weighted by Gasteiger charge is 2.21. The summed E-state index contributed by atoms with van der Waals surface area (Å²) in [5.41, 5.74) is 4.35. The zero-order valence-electron chi connectivity index (χ0n) is 16.6. The van der Waals surface area contributed by atoms with E-state index in [-0.39, 0.29) is 11.9 Å². The van der Waals surface area contributed by atoms with E-state index < -0.39 is 10.2 Å². The number of hydrogen-bond acceptors (Lipinski definition) is 3. The predicted octanol–water partition coefficient (Wildman–Crippen LogP) is 3.04. The first-order valence-corrected chi connectivity index (χ1v) is 10.1. The van der Waals surface area contributed by atoms with Gasteiger partial charge in [0.15, 0.2) is 0 Å².